The number of hydrogen-bond donors (Lipinski definition) is 0. The molecule has 0 bridgehead atoms. The predicted molar refractivity (Wildman–Crippen MR) is 57.4 cm³/mol. The zero-order valence-electron chi connectivity index (χ0n) is 8.53. The first kappa shape index (κ1) is 8.80. The normalized spacial score (nSPS) is 31.8. The highest BCUT2D eigenvalue weighted by molar-refractivity contribution is 5.35. The minimum Gasteiger partial charge on any atom is -0.0807 e. The van der Waals surface area contributed by atoms with E-state index < -0.39 is 0 Å². The highest BCUT2D eigenvalue weighted by Crippen LogP contribution is 2.38. The van der Waals surface area contributed by atoms with E-state index in [1.54, 1.807) is 5.57 Å². The Bertz CT molecular complexity index is 266. The quantitative estimate of drug-likeness (QED) is 0.568. The summed E-state index contributed by atoms with van der Waals surface area (Å²) in [6.45, 7) is 4.69. The van der Waals surface area contributed by atoms with Gasteiger partial charge in [0.05, 0.1) is 0 Å². The van der Waals surface area contributed by atoms with Crippen molar-refractivity contribution in [2.45, 2.75) is 26.7 Å². The maximum absolute atomic E-state index is 2.41. The van der Waals surface area contributed by atoms with Gasteiger partial charge in [-0.1, -0.05) is 44.2 Å². The molecule has 0 aromatic rings. The van der Waals surface area contributed by atoms with E-state index in [-0.39, 0.29) is 0 Å². The molecule has 0 saturated heterocycles. The van der Waals surface area contributed by atoms with E-state index in [2.05, 4.69) is 44.2 Å². The van der Waals surface area contributed by atoms with Gasteiger partial charge >= 0.3 is 0 Å². The summed E-state index contributed by atoms with van der Waals surface area (Å²) in [4.78, 5) is 0. The van der Waals surface area contributed by atoms with Crippen LogP contribution in [-0.4, -0.2) is 0 Å². The van der Waals surface area contributed by atoms with Crippen LogP contribution in [0.5, 0.6) is 0 Å². The molecule has 0 saturated carbocycles. The summed E-state index contributed by atoms with van der Waals surface area (Å²) in [7, 11) is 0. The van der Waals surface area contributed by atoms with E-state index in [0.717, 1.165) is 11.8 Å². The smallest absolute Gasteiger partial charge is 0.00487 e. The van der Waals surface area contributed by atoms with E-state index in [4.69, 9.17) is 0 Å². The van der Waals surface area contributed by atoms with Crippen LogP contribution in [0.2, 0.25) is 0 Å². The maximum atomic E-state index is 2.41. The molecule has 2 atom stereocenters. The fourth-order valence-electron chi connectivity index (χ4n) is 2.54. The van der Waals surface area contributed by atoms with Gasteiger partial charge in [0, 0.05) is 5.92 Å². The van der Waals surface area contributed by atoms with Crippen molar-refractivity contribution in [3.05, 3.63) is 36.0 Å². The molecule has 0 aliphatic heterocycles. The molecule has 0 spiro atoms. The van der Waals surface area contributed by atoms with Crippen molar-refractivity contribution in [1.29, 1.82) is 0 Å². The molecule has 0 aromatic heterocycles. The zero-order chi connectivity index (χ0) is 9.26. The van der Waals surface area contributed by atoms with Gasteiger partial charge in [-0.2, -0.15) is 0 Å². The van der Waals surface area contributed by atoms with Crippen molar-refractivity contribution in [2.75, 3.05) is 0 Å². The molecule has 2 aliphatic carbocycles. The summed E-state index contributed by atoms with van der Waals surface area (Å²) in [5.74, 6) is 2.38. The standard InChI is InChI=1S/C13H18/c1-10(2)12-9-5-7-11-6-3-4-8-13(11)12/h3-4,6-8,10,12-13H,5,9H2,1-2H3. The summed E-state index contributed by atoms with van der Waals surface area (Å²) in [6, 6.07) is 0. The molecule has 2 rings (SSSR count). The largest absolute Gasteiger partial charge is 0.0807 e. The third-order valence-corrected chi connectivity index (χ3v) is 3.30. The lowest BCUT2D eigenvalue weighted by Crippen LogP contribution is -2.23. The maximum Gasteiger partial charge on any atom is 0.00487 e. The molecule has 0 aromatic carbocycles. The van der Waals surface area contributed by atoms with Gasteiger partial charge in [-0.3, -0.25) is 0 Å². The SMILES string of the molecule is CC(C)C1CCC=C2C=CC=CC21. The molecular formula is C13H18. The molecular weight excluding hydrogens is 156 g/mol. The van der Waals surface area contributed by atoms with Crippen molar-refractivity contribution < 1.29 is 0 Å². The molecule has 0 N–H and O–H groups in total. The van der Waals surface area contributed by atoms with Crippen molar-refractivity contribution in [2.24, 2.45) is 17.8 Å². The fraction of sp³-hybridized carbons (Fsp3) is 0.538. The molecule has 2 aliphatic rings. The minimum atomic E-state index is 0.707. The van der Waals surface area contributed by atoms with E-state index in [0.29, 0.717) is 5.92 Å². The van der Waals surface area contributed by atoms with Crippen LogP contribution >= 0.6 is 0 Å². The predicted octanol–water partition coefficient (Wildman–Crippen LogP) is 3.72. The molecule has 2 unspecified atom stereocenters. The van der Waals surface area contributed by atoms with Crippen LogP contribution in [0.25, 0.3) is 0 Å². The Kier molecular flexibility index (Phi) is 2.39. The van der Waals surface area contributed by atoms with Crippen molar-refractivity contribution in [1.82, 2.24) is 0 Å². The van der Waals surface area contributed by atoms with Crippen LogP contribution in [-0.2, 0) is 0 Å². The molecule has 0 heterocycles. The monoisotopic (exact) mass is 174 g/mol. The van der Waals surface area contributed by atoms with Gasteiger partial charge < -0.3 is 0 Å². The van der Waals surface area contributed by atoms with Crippen LogP contribution in [0.3, 0.4) is 0 Å². The molecule has 13 heavy (non-hydrogen) atoms. The van der Waals surface area contributed by atoms with Gasteiger partial charge in [-0.05, 0) is 30.3 Å². The molecule has 0 fully saturated rings. The molecule has 70 valence electrons. The molecule has 0 radical (unpaired) electrons. The van der Waals surface area contributed by atoms with Crippen LogP contribution < -0.4 is 0 Å². The van der Waals surface area contributed by atoms with Gasteiger partial charge in [-0.15, -0.1) is 0 Å². The van der Waals surface area contributed by atoms with Crippen LogP contribution in [0.15, 0.2) is 36.0 Å². The number of hydrogen-bond acceptors (Lipinski definition) is 0. The van der Waals surface area contributed by atoms with Gasteiger partial charge in [0.15, 0.2) is 0 Å². The lowest BCUT2D eigenvalue weighted by molar-refractivity contribution is 0.295. The summed E-state index contributed by atoms with van der Waals surface area (Å²) < 4.78 is 0. The Hall–Kier alpha value is -0.780. The second kappa shape index (κ2) is 3.53. The van der Waals surface area contributed by atoms with E-state index in [1.807, 2.05) is 0 Å². The second-order valence-corrected chi connectivity index (χ2v) is 4.46. The zero-order valence-corrected chi connectivity index (χ0v) is 8.53. The Labute approximate surface area is 81.0 Å². The van der Waals surface area contributed by atoms with E-state index in [9.17, 15) is 0 Å². The van der Waals surface area contributed by atoms with Gasteiger partial charge in [0.25, 0.3) is 0 Å². The van der Waals surface area contributed by atoms with Gasteiger partial charge in [0.2, 0.25) is 0 Å². The third-order valence-electron chi connectivity index (χ3n) is 3.30. The Morgan fingerprint density at radius 2 is 2.15 bits per heavy atom. The number of fused-ring (bicyclic) bond motifs is 1. The molecule has 0 nitrogen and oxygen atoms in total. The highest BCUT2D eigenvalue weighted by atomic mass is 14.3. The highest BCUT2D eigenvalue weighted by Gasteiger charge is 2.27. The Morgan fingerprint density at radius 1 is 1.31 bits per heavy atom. The van der Waals surface area contributed by atoms with Crippen molar-refractivity contribution in [3.63, 3.8) is 0 Å². The lowest BCUT2D eigenvalue weighted by Gasteiger charge is -2.33. The average molecular weight is 174 g/mol. The first-order chi connectivity index (χ1) is 6.29. The number of allylic oxidation sites excluding steroid dienone is 6. The second-order valence-electron chi connectivity index (χ2n) is 4.46. The van der Waals surface area contributed by atoms with Crippen molar-refractivity contribution in [3.8, 4) is 0 Å². The summed E-state index contributed by atoms with van der Waals surface area (Å²) in [6.07, 6.45) is 14.0. The summed E-state index contributed by atoms with van der Waals surface area (Å²) in [5.41, 5.74) is 1.55. The Balaban J connectivity index is 2.23. The van der Waals surface area contributed by atoms with E-state index in [1.165, 1.54) is 12.8 Å². The minimum absolute atomic E-state index is 0.707. The topological polar surface area (TPSA) is 0 Å². The first-order valence-electron chi connectivity index (χ1n) is 5.34. The van der Waals surface area contributed by atoms with Crippen LogP contribution in [0.1, 0.15) is 26.7 Å². The number of rotatable bonds is 1. The van der Waals surface area contributed by atoms with Crippen LogP contribution in [0, 0.1) is 17.8 Å². The van der Waals surface area contributed by atoms with Gasteiger partial charge in [-0.25, -0.2) is 0 Å². The molecule has 0 heteroatoms. The average Bonchev–Trinajstić information content (AvgIpc) is 2.17. The fourth-order valence-corrected chi connectivity index (χ4v) is 2.54. The third kappa shape index (κ3) is 1.63. The van der Waals surface area contributed by atoms with Gasteiger partial charge in [0.1, 0.15) is 0 Å². The van der Waals surface area contributed by atoms with Crippen LogP contribution in [0.4, 0.5) is 0 Å². The summed E-state index contributed by atoms with van der Waals surface area (Å²) >= 11 is 0. The summed E-state index contributed by atoms with van der Waals surface area (Å²) in [5, 5.41) is 0. The lowest BCUT2D eigenvalue weighted by atomic mass is 9.72. The van der Waals surface area contributed by atoms with Crippen molar-refractivity contribution >= 4 is 0 Å². The van der Waals surface area contributed by atoms with E-state index >= 15 is 0 Å². The Morgan fingerprint density at radius 3 is 2.92 bits per heavy atom. The first-order valence-corrected chi connectivity index (χ1v) is 5.34. The molecule has 0 amide bonds.